The van der Waals surface area contributed by atoms with E-state index >= 15 is 0 Å². The summed E-state index contributed by atoms with van der Waals surface area (Å²) in [7, 11) is -3.41. The van der Waals surface area contributed by atoms with Gasteiger partial charge < -0.3 is 14.5 Å². The van der Waals surface area contributed by atoms with Gasteiger partial charge in [-0.05, 0) is 19.3 Å². The lowest BCUT2D eigenvalue weighted by Gasteiger charge is -2.39. The Morgan fingerprint density at radius 2 is 1.63 bits per heavy atom. The molecule has 3 saturated heterocycles. The molecule has 0 spiro atoms. The van der Waals surface area contributed by atoms with E-state index in [2.05, 4.69) is 0 Å². The zero-order valence-corrected chi connectivity index (χ0v) is 17.3. The van der Waals surface area contributed by atoms with E-state index in [-0.39, 0.29) is 23.8 Å². The molecule has 3 rings (SSSR count). The minimum atomic E-state index is -3.41. The highest BCUT2D eigenvalue weighted by Crippen LogP contribution is 2.46. The van der Waals surface area contributed by atoms with Crippen LogP contribution in [0.3, 0.4) is 0 Å². The lowest BCUT2D eigenvalue weighted by Crippen LogP contribution is -2.54. The first kappa shape index (κ1) is 20.5. The SMILES string of the molecule is CC(C)C(=O)N1CC[C@H]2N(S(C)(=O)=O)CC[C@@]2(C(=O)N2CCOCC2)CC1. The Bertz CT molecular complexity index is 689. The van der Waals surface area contributed by atoms with Crippen LogP contribution in [-0.2, 0) is 24.3 Å². The molecule has 0 aromatic rings. The van der Waals surface area contributed by atoms with Crippen molar-refractivity contribution >= 4 is 21.8 Å². The average molecular weight is 402 g/mol. The number of amides is 2. The monoisotopic (exact) mass is 401 g/mol. The maximum atomic E-state index is 13.5. The van der Waals surface area contributed by atoms with E-state index in [1.165, 1.54) is 10.6 Å². The zero-order chi connectivity index (χ0) is 19.8. The molecule has 0 radical (unpaired) electrons. The molecule has 27 heavy (non-hydrogen) atoms. The minimum Gasteiger partial charge on any atom is -0.378 e. The summed E-state index contributed by atoms with van der Waals surface area (Å²) in [6.07, 6.45) is 2.74. The van der Waals surface area contributed by atoms with Gasteiger partial charge in [-0.15, -0.1) is 0 Å². The second-order valence-corrected chi connectivity index (χ2v) is 10.2. The molecule has 3 fully saturated rings. The van der Waals surface area contributed by atoms with Gasteiger partial charge in [0.1, 0.15) is 0 Å². The van der Waals surface area contributed by atoms with Crippen LogP contribution in [0.5, 0.6) is 0 Å². The Morgan fingerprint density at radius 3 is 2.22 bits per heavy atom. The number of rotatable bonds is 3. The summed E-state index contributed by atoms with van der Waals surface area (Å²) in [5, 5.41) is 0. The van der Waals surface area contributed by atoms with Gasteiger partial charge in [-0.25, -0.2) is 8.42 Å². The molecular weight excluding hydrogens is 370 g/mol. The Morgan fingerprint density at radius 1 is 1.00 bits per heavy atom. The van der Waals surface area contributed by atoms with E-state index in [4.69, 9.17) is 4.74 Å². The van der Waals surface area contributed by atoms with Gasteiger partial charge in [0.05, 0.1) is 24.9 Å². The van der Waals surface area contributed by atoms with Crippen LogP contribution in [-0.4, -0.2) is 92.6 Å². The molecule has 0 N–H and O–H groups in total. The Hall–Kier alpha value is -1.19. The molecule has 0 bridgehead atoms. The van der Waals surface area contributed by atoms with Crippen molar-refractivity contribution < 1.29 is 22.7 Å². The maximum Gasteiger partial charge on any atom is 0.230 e. The molecule has 3 aliphatic heterocycles. The van der Waals surface area contributed by atoms with Gasteiger partial charge in [0.2, 0.25) is 21.8 Å². The number of carbonyl (C=O) groups excluding carboxylic acids is 2. The van der Waals surface area contributed by atoms with E-state index in [9.17, 15) is 18.0 Å². The predicted molar refractivity (Wildman–Crippen MR) is 100 cm³/mol. The van der Waals surface area contributed by atoms with Crippen LogP contribution in [0, 0.1) is 11.3 Å². The number of ether oxygens (including phenoxy) is 1. The van der Waals surface area contributed by atoms with Crippen LogP contribution >= 0.6 is 0 Å². The smallest absolute Gasteiger partial charge is 0.230 e. The third kappa shape index (κ3) is 3.86. The normalized spacial score (nSPS) is 30.3. The number of hydrogen-bond donors (Lipinski definition) is 0. The van der Waals surface area contributed by atoms with E-state index in [0.29, 0.717) is 65.2 Å². The number of sulfonamides is 1. The minimum absolute atomic E-state index is 0.0285. The fraction of sp³-hybridized carbons (Fsp3) is 0.889. The summed E-state index contributed by atoms with van der Waals surface area (Å²) < 4.78 is 31.6. The highest BCUT2D eigenvalue weighted by molar-refractivity contribution is 7.88. The van der Waals surface area contributed by atoms with E-state index < -0.39 is 15.4 Å². The third-order valence-electron chi connectivity index (χ3n) is 6.22. The van der Waals surface area contributed by atoms with Gasteiger partial charge in [-0.1, -0.05) is 13.8 Å². The van der Waals surface area contributed by atoms with Crippen molar-refractivity contribution in [2.45, 2.75) is 39.2 Å². The molecule has 2 atom stereocenters. The molecule has 3 aliphatic rings. The van der Waals surface area contributed by atoms with Crippen molar-refractivity contribution in [1.29, 1.82) is 0 Å². The van der Waals surface area contributed by atoms with Crippen LogP contribution < -0.4 is 0 Å². The predicted octanol–water partition coefficient (Wildman–Crippen LogP) is 0.144. The first-order chi connectivity index (χ1) is 12.7. The van der Waals surface area contributed by atoms with Crippen LogP contribution in [0.25, 0.3) is 0 Å². The lowest BCUT2D eigenvalue weighted by molar-refractivity contribution is -0.148. The molecule has 0 aromatic carbocycles. The molecule has 2 amide bonds. The number of morpholine rings is 1. The molecule has 0 aromatic heterocycles. The molecule has 0 unspecified atom stereocenters. The van der Waals surface area contributed by atoms with E-state index in [1.807, 2.05) is 18.7 Å². The largest absolute Gasteiger partial charge is 0.378 e. The van der Waals surface area contributed by atoms with Crippen molar-refractivity contribution in [2.24, 2.45) is 11.3 Å². The van der Waals surface area contributed by atoms with Gasteiger partial charge in [0, 0.05) is 44.7 Å². The second kappa shape index (κ2) is 7.67. The first-order valence-corrected chi connectivity index (χ1v) is 11.6. The quantitative estimate of drug-likeness (QED) is 0.672. The number of nitrogens with zero attached hydrogens (tertiary/aromatic N) is 3. The topological polar surface area (TPSA) is 87.2 Å². The van der Waals surface area contributed by atoms with Crippen molar-refractivity contribution in [1.82, 2.24) is 14.1 Å². The third-order valence-corrected chi connectivity index (χ3v) is 7.51. The highest BCUT2D eigenvalue weighted by atomic mass is 32.2. The highest BCUT2D eigenvalue weighted by Gasteiger charge is 2.57. The molecular formula is C18H31N3O5S. The number of hydrogen-bond acceptors (Lipinski definition) is 5. The summed E-state index contributed by atoms with van der Waals surface area (Å²) in [5.41, 5.74) is -0.744. The summed E-state index contributed by atoms with van der Waals surface area (Å²) in [6.45, 7) is 7.21. The van der Waals surface area contributed by atoms with Crippen LogP contribution in [0.15, 0.2) is 0 Å². The summed E-state index contributed by atoms with van der Waals surface area (Å²) in [6, 6.07) is -0.382. The number of likely N-dealkylation sites (tertiary alicyclic amines) is 1. The van der Waals surface area contributed by atoms with Crippen LogP contribution in [0.4, 0.5) is 0 Å². The number of fused-ring (bicyclic) bond motifs is 1. The average Bonchev–Trinajstić information content (AvgIpc) is 2.91. The summed E-state index contributed by atoms with van der Waals surface area (Å²) in [5.74, 6) is -0.0181. The molecule has 3 heterocycles. The molecule has 154 valence electrons. The lowest BCUT2D eigenvalue weighted by atomic mass is 9.75. The van der Waals surface area contributed by atoms with Crippen LogP contribution in [0.2, 0.25) is 0 Å². The van der Waals surface area contributed by atoms with Crippen molar-refractivity contribution in [2.75, 3.05) is 52.2 Å². The molecule has 8 nitrogen and oxygen atoms in total. The zero-order valence-electron chi connectivity index (χ0n) is 16.5. The van der Waals surface area contributed by atoms with E-state index in [1.54, 1.807) is 4.90 Å². The first-order valence-electron chi connectivity index (χ1n) is 9.79. The summed E-state index contributed by atoms with van der Waals surface area (Å²) >= 11 is 0. The van der Waals surface area contributed by atoms with Gasteiger partial charge in [-0.2, -0.15) is 4.31 Å². The Balaban J connectivity index is 1.91. The Labute approximate surface area is 161 Å². The van der Waals surface area contributed by atoms with E-state index in [0.717, 1.165) is 0 Å². The number of carbonyl (C=O) groups is 2. The molecule has 9 heteroatoms. The summed E-state index contributed by atoms with van der Waals surface area (Å²) in [4.78, 5) is 29.7. The standard InChI is InChI=1S/C18H31N3O5S/c1-14(2)16(22)19-7-4-15-18(5-8-19,6-9-21(15)27(3,24)25)17(23)20-10-12-26-13-11-20/h14-15H,4-13H2,1-3H3/t15-,18+/m1/s1. The van der Waals surface area contributed by atoms with Gasteiger partial charge in [0.15, 0.2) is 0 Å². The second-order valence-electron chi connectivity index (χ2n) is 8.22. The van der Waals surface area contributed by atoms with Crippen molar-refractivity contribution in [3.05, 3.63) is 0 Å². The van der Waals surface area contributed by atoms with Gasteiger partial charge in [0.25, 0.3) is 0 Å². The fourth-order valence-corrected chi connectivity index (χ4v) is 5.96. The van der Waals surface area contributed by atoms with Crippen molar-refractivity contribution in [3.8, 4) is 0 Å². The van der Waals surface area contributed by atoms with Crippen molar-refractivity contribution in [3.63, 3.8) is 0 Å². The Kier molecular flexibility index (Phi) is 5.84. The van der Waals surface area contributed by atoms with Gasteiger partial charge >= 0.3 is 0 Å². The molecule has 0 saturated carbocycles. The maximum absolute atomic E-state index is 13.5. The fourth-order valence-electron chi connectivity index (χ4n) is 4.76. The van der Waals surface area contributed by atoms with Crippen LogP contribution in [0.1, 0.15) is 33.1 Å². The van der Waals surface area contributed by atoms with Gasteiger partial charge in [-0.3, -0.25) is 9.59 Å². The molecule has 0 aliphatic carbocycles.